The molecule has 0 aliphatic heterocycles. The van der Waals surface area contributed by atoms with Crippen molar-refractivity contribution in [2.45, 2.75) is 20.8 Å². The molecule has 0 spiro atoms. The Kier molecular flexibility index (Phi) is 3.13. The van der Waals surface area contributed by atoms with Crippen LogP contribution in [-0.2, 0) is 0 Å². The smallest absolute Gasteiger partial charge is 0.173 e. The zero-order valence-corrected chi connectivity index (χ0v) is 14.1. The summed E-state index contributed by atoms with van der Waals surface area (Å²) in [5.41, 5.74) is 5.08. The topological polar surface area (TPSA) is 26.3 Å². The highest BCUT2D eigenvalue weighted by Crippen LogP contribution is 2.35. The quantitative estimate of drug-likeness (QED) is 0.374. The number of hydrogen-bond acceptors (Lipinski definition) is 3. The molecule has 0 atom stereocenters. The third-order valence-corrected chi connectivity index (χ3v) is 4.54. The Labute approximate surface area is 139 Å². The van der Waals surface area contributed by atoms with E-state index in [-0.39, 0.29) is 0 Å². The Morgan fingerprint density at radius 1 is 0.739 bits per heavy atom. The van der Waals surface area contributed by atoms with Crippen LogP contribution in [0.3, 0.4) is 0 Å². The first-order valence-corrected chi connectivity index (χ1v) is 7.98. The van der Waals surface area contributed by atoms with E-state index in [2.05, 4.69) is 32.0 Å². The fraction of sp³-hybridized carbons (Fsp3) is 0.150. The lowest BCUT2D eigenvalue weighted by molar-refractivity contribution is 0.560. The molecule has 0 saturated heterocycles. The van der Waals surface area contributed by atoms with Gasteiger partial charge in [0.15, 0.2) is 11.5 Å². The second kappa shape index (κ2) is 5.07. The third kappa shape index (κ3) is 2.28. The average Bonchev–Trinajstić information content (AvgIpc) is 2.84. The Morgan fingerprint density at radius 2 is 1.48 bits per heavy atom. The molecule has 0 bridgehead atoms. The van der Waals surface area contributed by atoms with Crippen LogP contribution in [0.15, 0.2) is 51.3 Å². The van der Waals surface area contributed by atoms with Crippen molar-refractivity contribution < 1.29 is 8.83 Å². The van der Waals surface area contributed by atoms with Gasteiger partial charge in [-0.3, -0.25) is 0 Å². The van der Waals surface area contributed by atoms with Gasteiger partial charge in [0, 0.05) is 22.4 Å². The molecule has 0 fully saturated rings. The molecule has 23 heavy (non-hydrogen) atoms. The lowest BCUT2D eigenvalue weighted by atomic mass is 10.1. The Balaban J connectivity index is 2.01. The van der Waals surface area contributed by atoms with E-state index in [1.54, 1.807) is 0 Å². The van der Waals surface area contributed by atoms with Crippen LogP contribution in [0.4, 0.5) is 0 Å². The van der Waals surface area contributed by atoms with Crippen molar-refractivity contribution in [3.8, 4) is 11.5 Å². The van der Waals surface area contributed by atoms with Gasteiger partial charge in [-0.2, -0.15) is 0 Å². The van der Waals surface area contributed by atoms with Crippen molar-refractivity contribution in [3.05, 3.63) is 63.7 Å². The number of benzene rings is 2. The predicted molar refractivity (Wildman–Crippen MR) is 96.5 cm³/mol. The largest absolute Gasteiger partial charge is 0.453 e. The SMILES string of the molecule is Cc1ccc2c(C)c(-c3cc(=S)c4cc(C)ccc4o3)oc2c1. The highest BCUT2D eigenvalue weighted by molar-refractivity contribution is 7.71. The molecule has 0 saturated carbocycles. The lowest BCUT2D eigenvalue weighted by Gasteiger charge is -2.03. The molecule has 4 rings (SSSR count). The minimum atomic E-state index is 0.678. The summed E-state index contributed by atoms with van der Waals surface area (Å²) < 4.78 is 12.9. The molecule has 0 radical (unpaired) electrons. The summed E-state index contributed by atoms with van der Waals surface area (Å²) in [5, 5.41) is 2.07. The molecular formula is C20H16O2S. The number of fused-ring (bicyclic) bond motifs is 2. The van der Waals surface area contributed by atoms with Crippen LogP contribution >= 0.6 is 12.2 Å². The van der Waals surface area contributed by atoms with Gasteiger partial charge >= 0.3 is 0 Å². The number of furan rings is 1. The predicted octanol–water partition coefficient (Wildman–Crippen LogP) is 6.50. The summed E-state index contributed by atoms with van der Waals surface area (Å²) in [4.78, 5) is 0. The molecule has 3 heteroatoms. The minimum Gasteiger partial charge on any atom is -0.453 e. The first kappa shape index (κ1) is 14.2. The van der Waals surface area contributed by atoms with Gasteiger partial charge in [-0.25, -0.2) is 0 Å². The molecule has 114 valence electrons. The third-order valence-electron chi connectivity index (χ3n) is 4.20. The maximum Gasteiger partial charge on any atom is 0.173 e. The van der Waals surface area contributed by atoms with Crippen LogP contribution < -0.4 is 0 Å². The molecule has 0 amide bonds. The number of aryl methyl sites for hydroxylation is 3. The van der Waals surface area contributed by atoms with Crippen LogP contribution in [0.1, 0.15) is 16.7 Å². The first-order valence-electron chi connectivity index (χ1n) is 7.57. The van der Waals surface area contributed by atoms with Crippen LogP contribution in [0.5, 0.6) is 0 Å². The van der Waals surface area contributed by atoms with Crippen molar-refractivity contribution in [1.29, 1.82) is 0 Å². The van der Waals surface area contributed by atoms with E-state index < -0.39 is 0 Å². The zero-order valence-electron chi connectivity index (χ0n) is 13.3. The van der Waals surface area contributed by atoms with Crippen LogP contribution in [0.25, 0.3) is 33.5 Å². The summed E-state index contributed by atoms with van der Waals surface area (Å²) in [5.74, 6) is 1.43. The number of rotatable bonds is 1. The standard InChI is InChI=1S/C20H16O2S/c1-11-5-7-16-15(8-11)19(23)10-18(21-16)20-13(3)14-6-4-12(2)9-17(14)22-20/h4-10H,1-3H3. The van der Waals surface area contributed by atoms with E-state index in [4.69, 9.17) is 21.1 Å². The molecule has 0 aliphatic carbocycles. The van der Waals surface area contributed by atoms with Crippen LogP contribution in [0, 0.1) is 25.3 Å². The van der Waals surface area contributed by atoms with E-state index in [9.17, 15) is 0 Å². The molecule has 2 heterocycles. The van der Waals surface area contributed by atoms with Gasteiger partial charge in [0.25, 0.3) is 0 Å². The van der Waals surface area contributed by atoms with E-state index in [0.29, 0.717) is 5.76 Å². The number of hydrogen-bond donors (Lipinski definition) is 0. The Morgan fingerprint density at radius 3 is 2.30 bits per heavy atom. The lowest BCUT2D eigenvalue weighted by Crippen LogP contribution is -1.82. The van der Waals surface area contributed by atoms with Crippen LogP contribution in [-0.4, -0.2) is 0 Å². The molecule has 2 aromatic carbocycles. The van der Waals surface area contributed by atoms with Crippen molar-refractivity contribution >= 4 is 34.2 Å². The van der Waals surface area contributed by atoms with Gasteiger partial charge < -0.3 is 8.83 Å². The maximum atomic E-state index is 6.06. The molecule has 0 aliphatic rings. The van der Waals surface area contributed by atoms with Gasteiger partial charge in [-0.05, 0) is 44.5 Å². The summed E-state index contributed by atoms with van der Waals surface area (Å²) >= 11 is 5.54. The van der Waals surface area contributed by atoms with Gasteiger partial charge in [0.2, 0.25) is 0 Å². The molecule has 2 nitrogen and oxygen atoms in total. The molecule has 2 aromatic heterocycles. The van der Waals surface area contributed by atoms with Crippen LogP contribution in [0.2, 0.25) is 0 Å². The van der Waals surface area contributed by atoms with Gasteiger partial charge in [-0.15, -0.1) is 0 Å². The highest BCUT2D eigenvalue weighted by atomic mass is 32.1. The molecule has 0 unspecified atom stereocenters. The maximum absolute atomic E-state index is 6.06. The Hall–Kier alpha value is -2.39. The van der Waals surface area contributed by atoms with E-state index in [1.807, 2.05) is 31.2 Å². The van der Waals surface area contributed by atoms with E-state index in [0.717, 1.165) is 37.8 Å². The minimum absolute atomic E-state index is 0.678. The highest BCUT2D eigenvalue weighted by Gasteiger charge is 2.15. The fourth-order valence-corrected chi connectivity index (χ4v) is 3.22. The van der Waals surface area contributed by atoms with Crippen molar-refractivity contribution in [3.63, 3.8) is 0 Å². The Bertz CT molecular complexity index is 1120. The van der Waals surface area contributed by atoms with Gasteiger partial charge in [0.05, 0.1) is 4.51 Å². The average molecular weight is 320 g/mol. The van der Waals surface area contributed by atoms with Gasteiger partial charge in [-0.1, -0.05) is 36.0 Å². The molecular weight excluding hydrogens is 304 g/mol. The fourth-order valence-electron chi connectivity index (χ4n) is 2.95. The summed E-state index contributed by atoms with van der Waals surface area (Å²) in [7, 11) is 0. The summed E-state index contributed by atoms with van der Waals surface area (Å²) in [6.07, 6.45) is 0. The van der Waals surface area contributed by atoms with E-state index in [1.165, 1.54) is 11.1 Å². The summed E-state index contributed by atoms with van der Waals surface area (Å²) in [6, 6.07) is 14.2. The second-order valence-electron chi connectivity index (χ2n) is 6.03. The van der Waals surface area contributed by atoms with Crippen molar-refractivity contribution in [1.82, 2.24) is 0 Å². The zero-order chi connectivity index (χ0) is 16.1. The van der Waals surface area contributed by atoms with Crippen molar-refractivity contribution in [2.24, 2.45) is 0 Å². The normalized spacial score (nSPS) is 11.4. The van der Waals surface area contributed by atoms with Crippen molar-refractivity contribution in [2.75, 3.05) is 0 Å². The molecule has 4 aromatic rings. The van der Waals surface area contributed by atoms with Gasteiger partial charge in [0.1, 0.15) is 11.2 Å². The molecule has 0 N–H and O–H groups in total. The first-order chi connectivity index (χ1) is 11.0. The second-order valence-corrected chi connectivity index (χ2v) is 6.47. The summed E-state index contributed by atoms with van der Waals surface area (Å²) in [6.45, 7) is 6.16. The monoisotopic (exact) mass is 320 g/mol. The van der Waals surface area contributed by atoms with E-state index >= 15 is 0 Å².